The van der Waals surface area contributed by atoms with Crippen LogP contribution in [-0.4, -0.2) is 31.9 Å². The monoisotopic (exact) mass is 340 g/mol. The highest BCUT2D eigenvalue weighted by molar-refractivity contribution is 6.04. The van der Waals surface area contributed by atoms with Gasteiger partial charge in [0.15, 0.2) is 6.61 Å². The highest BCUT2D eigenvalue weighted by Crippen LogP contribution is 2.28. The predicted molar refractivity (Wildman–Crippen MR) is 94.5 cm³/mol. The highest BCUT2D eigenvalue weighted by Gasteiger charge is 2.18. The fourth-order valence-electron chi connectivity index (χ4n) is 2.57. The standard InChI is InChI=1S/C19H20N2O4/c1-13-5-3-8-16-17(9-10-24-19(13)16)20-21-18(22)12-25-15-7-4-6-14(11-15)23-2/h3-8,11H,9-10,12H2,1-2H3,(H,21,22)/b20-17+. The van der Waals surface area contributed by atoms with E-state index < -0.39 is 0 Å². The van der Waals surface area contributed by atoms with Crippen LogP contribution in [0.15, 0.2) is 47.6 Å². The van der Waals surface area contributed by atoms with Gasteiger partial charge in [-0.2, -0.15) is 5.10 Å². The highest BCUT2D eigenvalue weighted by atomic mass is 16.5. The Labute approximate surface area is 146 Å². The normalized spacial score (nSPS) is 14.4. The van der Waals surface area contributed by atoms with Crippen LogP contribution in [0.5, 0.6) is 17.2 Å². The largest absolute Gasteiger partial charge is 0.497 e. The number of carbonyl (C=O) groups is 1. The summed E-state index contributed by atoms with van der Waals surface area (Å²) in [6.45, 7) is 2.41. The molecule has 0 bridgehead atoms. The molecule has 0 radical (unpaired) electrons. The van der Waals surface area contributed by atoms with Crippen molar-refractivity contribution in [3.63, 3.8) is 0 Å². The van der Waals surface area contributed by atoms with Crippen molar-refractivity contribution in [3.05, 3.63) is 53.6 Å². The Bertz CT molecular complexity index is 802. The lowest BCUT2D eigenvalue weighted by Gasteiger charge is -2.20. The van der Waals surface area contributed by atoms with E-state index in [-0.39, 0.29) is 12.5 Å². The maximum Gasteiger partial charge on any atom is 0.277 e. The SMILES string of the molecule is COc1cccc(OCC(=O)N/N=C2\CCOc3c(C)cccc32)c1. The zero-order valence-corrected chi connectivity index (χ0v) is 14.2. The molecule has 3 rings (SSSR count). The molecule has 1 N–H and O–H groups in total. The second-order valence-corrected chi connectivity index (χ2v) is 5.61. The van der Waals surface area contributed by atoms with Gasteiger partial charge in [0, 0.05) is 18.1 Å². The lowest BCUT2D eigenvalue weighted by Crippen LogP contribution is -2.27. The van der Waals surface area contributed by atoms with Crippen LogP contribution >= 0.6 is 0 Å². The number of carbonyl (C=O) groups excluding carboxylic acids is 1. The molecular weight excluding hydrogens is 320 g/mol. The summed E-state index contributed by atoms with van der Waals surface area (Å²) in [5.74, 6) is 1.74. The van der Waals surface area contributed by atoms with Crippen molar-refractivity contribution in [2.45, 2.75) is 13.3 Å². The van der Waals surface area contributed by atoms with Crippen molar-refractivity contribution >= 4 is 11.6 Å². The van der Waals surface area contributed by atoms with Crippen molar-refractivity contribution in [2.24, 2.45) is 5.10 Å². The molecular formula is C19H20N2O4. The summed E-state index contributed by atoms with van der Waals surface area (Å²) in [6, 6.07) is 13.0. The Morgan fingerprint density at radius 2 is 2.04 bits per heavy atom. The van der Waals surface area contributed by atoms with Gasteiger partial charge in [0.1, 0.15) is 17.2 Å². The summed E-state index contributed by atoms with van der Waals surface area (Å²) in [6.07, 6.45) is 0.646. The van der Waals surface area contributed by atoms with Crippen LogP contribution in [0.1, 0.15) is 17.5 Å². The van der Waals surface area contributed by atoms with Gasteiger partial charge in [-0.1, -0.05) is 18.2 Å². The van der Waals surface area contributed by atoms with Crippen LogP contribution in [-0.2, 0) is 4.79 Å². The minimum absolute atomic E-state index is 0.124. The number of fused-ring (bicyclic) bond motifs is 1. The number of ether oxygens (including phenoxy) is 3. The molecule has 1 aliphatic heterocycles. The first-order chi connectivity index (χ1) is 12.2. The van der Waals surface area contributed by atoms with Crippen molar-refractivity contribution in [1.82, 2.24) is 5.43 Å². The summed E-state index contributed by atoms with van der Waals surface area (Å²) >= 11 is 0. The van der Waals surface area contributed by atoms with E-state index in [1.807, 2.05) is 31.2 Å². The maximum absolute atomic E-state index is 12.0. The van der Waals surface area contributed by atoms with Gasteiger partial charge in [0.25, 0.3) is 5.91 Å². The molecule has 6 nitrogen and oxygen atoms in total. The number of amides is 1. The Balaban J connectivity index is 1.61. The van der Waals surface area contributed by atoms with Crippen molar-refractivity contribution in [2.75, 3.05) is 20.3 Å². The molecule has 2 aromatic rings. The van der Waals surface area contributed by atoms with Gasteiger partial charge in [-0.25, -0.2) is 5.43 Å². The number of nitrogens with one attached hydrogen (secondary N) is 1. The Morgan fingerprint density at radius 1 is 1.24 bits per heavy atom. The quantitative estimate of drug-likeness (QED) is 0.850. The number of rotatable bonds is 5. The second kappa shape index (κ2) is 7.70. The molecule has 0 saturated carbocycles. The molecule has 0 fully saturated rings. The fraction of sp³-hybridized carbons (Fsp3) is 0.263. The zero-order valence-electron chi connectivity index (χ0n) is 14.2. The van der Waals surface area contributed by atoms with Gasteiger partial charge < -0.3 is 14.2 Å². The van der Waals surface area contributed by atoms with Crippen LogP contribution in [0.4, 0.5) is 0 Å². The third-order valence-corrected chi connectivity index (χ3v) is 3.83. The maximum atomic E-state index is 12.0. The number of hydrazone groups is 1. The molecule has 6 heteroatoms. The van der Waals surface area contributed by atoms with E-state index in [1.54, 1.807) is 25.3 Å². The molecule has 0 aromatic heterocycles. The van der Waals surface area contributed by atoms with Crippen molar-refractivity contribution in [3.8, 4) is 17.2 Å². The molecule has 25 heavy (non-hydrogen) atoms. The third kappa shape index (κ3) is 4.09. The molecule has 0 atom stereocenters. The van der Waals surface area contributed by atoms with Crippen molar-refractivity contribution in [1.29, 1.82) is 0 Å². The van der Waals surface area contributed by atoms with E-state index in [1.165, 1.54) is 0 Å². The minimum Gasteiger partial charge on any atom is -0.497 e. The van der Waals surface area contributed by atoms with Gasteiger partial charge in [-0.3, -0.25) is 4.79 Å². The van der Waals surface area contributed by atoms with Gasteiger partial charge >= 0.3 is 0 Å². The van der Waals surface area contributed by atoms with Crippen LogP contribution in [0.3, 0.4) is 0 Å². The number of aryl methyl sites for hydroxylation is 1. The lowest BCUT2D eigenvalue weighted by atomic mass is 10.0. The van der Waals surface area contributed by atoms with E-state index in [9.17, 15) is 4.79 Å². The number of nitrogens with zero attached hydrogens (tertiary/aromatic N) is 1. The summed E-state index contributed by atoms with van der Waals surface area (Å²) in [4.78, 5) is 12.0. The van der Waals surface area contributed by atoms with Crippen LogP contribution in [0.25, 0.3) is 0 Å². The molecule has 1 aliphatic rings. The molecule has 0 unspecified atom stereocenters. The predicted octanol–water partition coefficient (Wildman–Crippen LogP) is 2.69. The molecule has 0 spiro atoms. The Morgan fingerprint density at radius 3 is 2.88 bits per heavy atom. The van der Waals surface area contributed by atoms with E-state index >= 15 is 0 Å². The lowest BCUT2D eigenvalue weighted by molar-refractivity contribution is -0.123. The summed E-state index contributed by atoms with van der Waals surface area (Å²) in [7, 11) is 1.58. The van der Waals surface area contributed by atoms with Crippen LogP contribution in [0.2, 0.25) is 0 Å². The molecule has 1 amide bonds. The first kappa shape index (κ1) is 16.8. The summed E-state index contributed by atoms with van der Waals surface area (Å²) in [5, 5.41) is 4.24. The average molecular weight is 340 g/mol. The first-order valence-corrected chi connectivity index (χ1v) is 8.02. The number of hydrogen-bond donors (Lipinski definition) is 1. The Kier molecular flexibility index (Phi) is 5.18. The third-order valence-electron chi connectivity index (χ3n) is 3.83. The van der Waals surface area contributed by atoms with Gasteiger partial charge in [-0.15, -0.1) is 0 Å². The fourth-order valence-corrected chi connectivity index (χ4v) is 2.57. The molecule has 0 aliphatic carbocycles. The smallest absolute Gasteiger partial charge is 0.277 e. The molecule has 130 valence electrons. The number of methoxy groups -OCH3 is 1. The van der Waals surface area contributed by atoms with Gasteiger partial charge in [-0.05, 0) is 30.7 Å². The second-order valence-electron chi connectivity index (χ2n) is 5.61. The van der Waals surface area contributed by atoms with Crippen LogP contribution in [0, 0.1) is 6.92 Å². The number of benzene rings is 2. The average Bonchev–Trinajstić information content (AvgIpc) is 2.65. The molecule has 0 saturated heterocycles. The zero-order chi connectivity index (χ0) is 17.6. The number of para-hydroxylation sites is 1. The van der Waals surface area contributed by atoms with E-state index in [0.29, 0.717) is 24.5 Å². The van der Waals surface area contributed by atoms with Crippen molar-refractivity contribution < 1.29 is 19.0 Å². The van der Waals surface area contributed by atoms with Crippen LogP contribution < -0.4 is 19.6 Å². The van der Waals surface area contributed by atoms with Gasteiger partial charge in [0.2, 0.25) is 0 Å². The summed E-state index contributed by atoms with van der Waals surface area (Å²) < 4.78 is 16.3. The van der Waals surface area contributed by atoms with E-state index in [2.05, 4.69) is 10.5 Å². The Hall–Kier alpha value is -3.02. The van der Waals surface area contributed by atoms with E-state index in [4.69, 9.17) is 14.2 Å². The van der Waals surface area contributed by atoms with Gasteiger partial charge in [0.05, 0.1) is 19.4 Å². The molecule has 1 heterocycles. The minimum atomic E-state index is -0.323. The molecule has 2 aromatic carbocycles. The summed E-state index contributed by atoms with van der Waals surface area (Å²) in [5.41, 5.74) is 5.32. The van der Waals surface area contributed by atoms with E-state index in [0.717, 1.165) is 22.6 Å². The first-order valence-electron chi connectivity index (χ1n) is 8.02. The topological polar surface area (TPSA) is 69.2 Å². The number of hydrogen-bond acceptors (Lipinski definition) is 5.